The van der Waals surface area contributed by atoms with Crippen LogP contribution in [-0.4, -0.2) is 59.4 Å². The van der Waals surface area contributed by atoms with Gasteiger partial charge in [-0.05, 0) is 33.9 Å². The fraction of sp³-hybridized carbons (Fsp3) is 0.786. The molecule has 5 heteroatoms. The van der Waals surface area contributed by atoms with Gasteiger partial charge in [0, 0.05) is 44.0 Å². The maximum Gasteiger partial charge on any atom is 0.0538 e. The summed E-state index contributed by atoms with van der Waals surface area (Å²) in [6.45, 7) is 5.95. The minimum atomic E-state index is 0.323. The van der Waals surface area contributed by atoms with Gasteiger partial charge in [-0.2, -0.15) is 5.10 Å². The van der Waals surface area contributed by atoms with E-state index in [0.29, 0.717) is 18.6 Å². The maximum absolute atomic E-state index is 5.99. The second-order valence-corrected chi connectivity index (χ2v) is 5.61. The predicted octanol–water partition coefficient (Wildman–Crippen LogP) is 0.929. The highest BCUT2D eigenvalue weighted by molar-refractivity contribution is 5.11. The number of rotatable bonds is 5. The van der Waals surface area contributed by atoms with Crippen molar-refractivity contribution in [2.75, 3.05) is 33.7 Å². The number of nitrogens with two attached hydrogens (primary N) is 1. The van der Waals surface area contributed by atoms with E-state index in [2.05, 4.69) is 42.1 Å². The number of aryl methyl sites for hydroxylation is 1. The largest absolute Gasteiger partial charge is 0.329 e. The van der Waals surface area contributed by atoms with Gasteiger partial charge in [0.05, 0.1) is 12.2 Å². The van der Waals surface area contributed by atoms with E-state index in [1.54, 1.807) is 0 Å². The van der Waals surface area contributed by atoms with E-state index in [1.165, 1.54) is 18.4 Å². The lowest BCUT2D eigenvalue weighted by Gasteiger charge is -2.38. The molecule has 0 bridgehead atoms. The van der Waals surface area contributed by atoms with Gasteiger partial charge in [-0.3, -0.25) is 9.58 Å². The van der Waals surface area contributed by atoms with Crippen LogP contribution in [-0.2, 0) is 6.54 Å². The third-order valence-corrected chi connectivity index (χ3v) is 4.26. The van der Waals surface area contributed by atoms with E-state index in [-0.39, 0.29) is 0 Å². The molecule has 2 heterocycles. The first-order chi connectivity index (χ1) is 9.15. The Balaban J connectivity index is 1.99. The lowest BCUT2D eigenvalue weighted by molar-refractivity contribution is 0.111. The number of hydrogen-bond acceptors (Lipinski definition) is 4. The first-order valence-corrected chi connectivity index (χ1v) is 7.28. The molecule has 2 N–H and O–H groups in total. The van der Waals surface area contributed by atoms with Crippen molar-refractivity contribution in [3.8, 4) is 0 Å². The number of nitrogens with zero attached hydrogens (tertiary/aromatic N) is 4. The fourth-order valence-corrected chi connectivity index (χ4v) is 2.93. The molecule has 1 aromatic heterocycles. The highest BCUT2D eigenvalue weighted by Crippen LogP contribution is 2.24. The highest BCUT2D eigenvalue weighted by atomic mass is 15.3. The molecule has 0 amide bonds. The molecule has 0 spiro atoms. The van der Waals surface area contributed by atoms with Crippen LogP contribution >= 0.6 is 0 Å². The SMILES string of the molecule is CCn1cc(C(CN)N2CCC(N(C)C)CC2)cn1. The Bertz CT molecular complexity index is 379. The number of piperidine rings is 1. The molecule has 0 aromatic carbocycles. The summed E-state index contributed by atoms with van der Waals surface area (Å²) < 4.78 is 1.98. The molecule has 19 heavy (non-hydrogen) atoms. The van der Waals surface area contributed by atoms with Crippen LogP contribution in [0.2, 0.25) is 0 Å². The molecule has 1 saturated heterocycles. The fourth-order valence-electron chi connectivity index (χ4n) is 2.93. The first kappa shape index (κ1) is 14.5. The smallest absolute Gasteiger partial charge is 0.0538 e. The van der Waals surface area contributed by atoms with Gasteiger partial charge >= 0.3 is 0 Å². The summed E-state index contributed by atoms with van der Waals surface area (Å²) in [4.78, 5) is 4.85. The van der Waals surface area contributed by atoms with E-state index < -0.39 is 0 Å². The molecule has 1 unspecified atom stereocenters. The molecule has 1 aromatic rings. The average Bonchev–Trinajstić information content (AvgIpc) is 2.89. The normalized spacial score (nSPS) is 20.1. The van der Waals surface area contributed by atoms with Crippen molar-refractivity contribution in [1.29, 1.82) is 0 Å². The van der Waals surface area contributed by atoms with Crippen LogP contribution in [0.25, 0.3) is 0 Å². The summed E-state index contributed by atoms with van der Waals surface area (Å²) in [5.74, 6) is 0. The van der Waals surface area contributed by atoms with Crippen molar-refractivity contribution >= 4 is 0 Å². The van der Waals surface area contributed by atoms with Crippen LogP contribution in [0.15, 0.2) is 12.4 Å². The van der Waals surface area contributed by atoms with Gasteiger partial charge in [-0.15, -0.1) is 0 Å². The van der Waals surface area contributed by atoms with Crippen LogP contribution in [0.4, 0.5) is 0 Å². The van der Waals surface area contributed by atoms with Gasteiger partial charge in [0.2, 0.25) is 0 Å². The van der Waals surface area contributed by atoms with Gasteiger partial charge in [-0.1, -0.05) is 0 Å². The molecule has 0 aliphatic carbocycles. The minimum Gasteiger partial charge on any atom is -0.329 e. The van der Waals surface area contributed by atoms with Gasteiger partial charge in [0.25, 0.3) is 0 Å². The average molecular weight is 265 g/mol. The molecule has 2 rings (SSSR count). The van der Waals surface area contributed by atoms with Crippen molar-refractivity contribution in [3.05, 3.63) is 18.0 Å². The third-order valence-electron chi connectivity index (χ3n) is 4.26. The molecule has 108 valence electrons. The van der Waals surface area contributed by atoms with E-state index in [4.69, 9.17) is 5.73 Å². The minimum absolute atomic E-state index is 0.323. The van der Waals surface area contributed by atoms with Crippen molar-refractivity contribution in [2.45, 2.75) is 38.4 Å². The monoisotopic (exact) mass is 265 g/mol. The van der Waals surface area contributed by atoms with Gasteiger partial charge in [-0.25, -0.2) is 0 Å². The lowest BCUT2D eigenvalue weighted by Crippen LogP contribution is -2.44. The summed E-state index contributed by atoms with van der Waals surface area (Å²) in [5, 5.41) is 4.37. The van der Waals surface area contributed by atoms with E-state index >= 15 is 0 Å². The topological polar surface area (TPSA) is 50.3 Å². The second-order valence-electron chi connectivity index (χ2n) is 5.61. The Morgan fingerprint density at radius 3 is 2.58 bits per heavy atom. The Labute approximate surface area is 116 Å². The Morgan fingerprint density at radius 1 is 1.42 bits per heavy atom. The molecule has 1 atom stereocenters. The zero-order chi connectivity index (χ0) is 13.8. The molecule has 1 fully saturated rings. The molecule has 5 nitrogen and oxygen atoms in total. The molecular weight excluding hydrogens is 238 g/mol. The van der Waals surface area contributed by atoms with Crippen LogP contribution in [0.3, 0.4) is 0 Å². The number of likely N-dealkylation sites (tertiary alicyclic amines) is 1. The molecule has 0 saturated carbocycles. The quantitative estimate of drug-likeness (QED) is 0.860. The summed E-state index contributed by atoms with van der Waals surface area (Å²) >= 11 is 0. The lowest BCUT2D eigenvalue weighted by atomic mass is 10.0. The van der Waals surface area contributed by atoms with Crippen LogP contribution in [0.1, 0.15) is 31.4 Å². The van der Waals surface area contributed by atoms with Gasteiger partial charge in [0.15, 0.2) is 0 Å². The highest BCUT2D eigenvalue weighted by Gasteiger charge is 2.26. The van der Waals surface area contributed by atoms with Gasteiger partial charge < -0.3 is 10.6 Å². The molecule has 0 radical (unpaired) electrons. The maximum atomic E-state index is 5.99. The van der Waals surface area contributed by atoms with Crippen LogP contribution < -0.4 is 5.73 Å². The van der Waals surface area contributed by atoms with Crippen LogP contribution in [0, 0.1) is 0 Å². The van der Waals surface area contributed by atoms with Crippen molar-refractivity contribution < 1.29 is 0 Å². The van der Waals surface area contributed by atoms with E-state index in [9.17, 15) is 0 Å². The van der Waals surface area contributed by atoms with E-state index in [1.807, 2.05) is 10.9 Å². The van der Waals surface area contributed by atoms with Crippen molar-refractivity contribution in [2.24, 2.45) is 5.73 Å². The molecule has 1 aliphatic heterocycles. The van der Waals surface area contributed by atoms with Crippen molar-refractivity contribution in [3.63, 3.8) is 0 Å². The summed E-state index contributed by atoms with van der Waals surface area (Å²) in [6.07, 6.45) is 6.56. The zero-order valence-corrected chi connectivity index (χ0v) is 12.4. The second kappa shape index (κ2) is 6.50. The Morgan fingerprint density at radius 2 is 2.11 bits per heavy atom. The molecule has 1 aliphatic rings. The summed E-state index contributed by atoms with van der Waals surface area (Å²) in [7, 11) is 4.35. The Hall–Kier alpha value is -0.910. The number of aromatic nitrogens is 2. The van der Waals surface area contributed by atoms with Crippen LogP contribution in [0.5, 0.6) is 0 Å². The summed E-state index contributed by atoms with van der Waals surface area (Å²) in [6, 6.07) is 1.04. The van der Waals surface area contributed by atoms with Gasteiger partial charge in [0.1, 0.15) is 0 Å². The Kier molecular flexibility index (Phi) is 4.96. The molecular formula is C14H27N5. The predicted molar refractivity (Wildman–Crippen MR) is 78.0 cm³/mol. The van der Waals surface area contributed by atoms with E-state index in [0.717, 1.165) is 19.6 Å². The first-order valence-electron chi connectivity index (χ1n) is 7.28. The third kappa shape index (κ3) is 3.35. The zero-order valence-electron chi connectivity index (χ0n) is 12.4. The standard InChI is InChI=1S/C14H27N5/c1-4-19-11-12(10-16-19)14(9-15)18-7-5-13(6-8-18)17(2)3/h10-11,13-14H,4-9,15H2,1-3H3. The number of hydrogen-bond donors (Lipinski definition) is 1. The summed E-state index contributed by atoms with van der Waals surface area (Å²) in [5.41, 5.74) is 7.25. The van der Waals surface area contributed by atoms with Crippen molar-refractivity contribution in [1.82, 2.24) is 19.6 Å².